The number of urea groups is 1. The number of nitrogens with zero attached hydrogens (tertiary/aromatic N) is 1. The molecule has 0 bridgehead atoms. The molecule has 1 aliphatic rings. The first kappa shape index (κ1) is 14.5. The van der Waals surface area contributed by atoms with Gasteiger partial charge in [0.2, 0.25) is 0 Å². The average molecular weight is 256 g/mol. The predicted molar refractivity (Wildman–Crippen MR) is 66.3 cm³/mol. The first-order valence-electron chi connectivity index (χ1n) is 5.97. The number of rotatable bonds is 5. The van der Waals surface area contributed by atoms with E-state index in [2.05, 4.69) is 5.32 Å². The van der Waals surface area contributed by atoms with Crippen LogP contribution < -0.4 is 5.32 Å². The summed E-state index contributed by atoms with van der Waals surface area (Å²) < 4.78 is 5.03. The fraction of sp³-hybridized carbons (Fsp3) is 0.667. The van der Waals surface area contributed by atoms with Crippen molar-refractivity contribution < 1.29 is 19.4 Å². The van der Waals surface area contributed by atoms with E-state index in [1.165, 1.54) is 5.57 Å². The number of hydrogen-bond donors (Lipinski definition) is 2. The summed E-state index contributed by atoms with van der Waals surface area (Å²) in [5.74, 6) is -1.48. The number of carbonyl (C=O) groups excluding carboxylic acids is 1. The molecule has 0 spiro atoms. The van der Waals surface area contributed by atoms with Crippen molar-refractivity contribution in [3.8, 4) is 0 Å². The van der Waals surface area contributed by atoms with E-state index in [0.717, 1.165) is 6.42 Å². The summed E-state index contributed by atoms with van der Waals surface area (Å²) in [5.41, 5.74) is 1.19. The molecule has 0 aliphatic carbocycles. The molecule has 1 unspecified atom stereocenters. The lowest BCUT2D eigenvalue weighted by Gasteiger charge is -2.26. The van der Waals surface area contributed by atoms with Crippen molar-refractivity contribution in [2.24, 2.45) is 5.92 Å². The zero-order valence-corrected chi connectivity index (χ0v) is 10.8. The Balaban J connectivity index is 2.34. The van der Waals surface area contributed by atoms with Crippen LogP contribution >= 0.6 is 0 Å². The van der Waals surface area contributed by atoms with Crippen LogP contribution in [0.2, 0.25) is 0 Å². The van der Waals surface area contributed by atoms with Crippen LogP contribution in [0.1, 0.15) is 13.3 Å². The average Bonchev–Trinajstić information content (AvgIpc) is 2.36. The summed E-state index contributed by atoms with van der Waals surface area (Å²) in [6.45, 7) is 3.51. The third-order valence-corrected chi connectivity index (χ3v) is 2.90. The van der Waals surface area contributed by atoms with Crippen LogP contribution in [0.15, 0.2) is 11.6 Å². The van der Waals surface area contributed by atoms with Gasteiger partial charge < -0.3 is 20.1 Å². The maximum Gasteiger partial charge on any atom is 0.317 e. The van der Waals surface area contributed by atoms with Crippen molar-refractivity contribution in [2.75, 3.05) is 33.4 Å². The van der Waals surface area contributed by atoms with Crippen LogP contribution in [0.3, 0.4) is 0 Å². The topological polar surface area (TPSA) is 78.9 Å². The van der Waals surface area contributed by atoms with Crippen LogP contribution in [-0.4, -0.2) is 55.4 Å². The molecule has 1 rings (SSSR count). The standard InChI is InChI=1S/C12H20N2O4/c1-9(11(15)16)7-13-12(17)14-5-3-10(4-6-14)8-18-2/h3,9H,4-8H2,1-2H3,(H,13,17)(H,15,16). The summed E-state index contributed by atoms with van der Waals surface area (Å²) in [4.78, 5) is 24.0. The van der Waals surface area contributed by atoms with Crippen LogP contribution in [-0.2, 0) is 9.53 Å². The third kappa shape index (κ3) is 4.37. The van der Waals surface area contributed by atoms with E-state index in [9.17, 15) is 9.59 Å². The van der Waals surface area contributed by atoms with Gasteiger partial charge in [-0.25, -0.2) is 4.79 Å². The van der Waals surface area contributed by atoms with E-state index < -0.39 is 11.9 Å². The monoisotopic (exact) mass is 256 g/mol. The Morgan fingerprint density at radius 2 is 2.33 bits per heavy atom. The fourth-order valence-electron chi connectivity index (χ4n) is 1.65. The summed E-state index contributed by atoms with van der Waals surface area (Å²) in [6.07, 6.45) is 2.78. The molecule has 18 heavy (non-hydrogen) atoms. The molecule has 2 amide bonds. The van der Waals surface area contributed by atoms with Gasteiger partial charge >= 0.3 is 12.0 Å². The molecule has 102 valence electrons. The molecule has 0 saturated carbocycles. The fourth-order valence-corrected chi connectivity index (χ4v) is 1.65. The quantitative estimate of drug-likeness (QED) is 0.709. The number of hydrogen-bond acceptors (Lipinski definition) is 3. The number of carboxylic acids is 1. The Bertz CT molecular complexity index is 341. The van der Waals surface area contributed by atoms with Crippen LogP contribution in [0.5, 0.6) is 0 Å². The van der Waals surface area contributed by atoms with E-state index in [0.29, 0.717) is 19.7 Å². The Morgan fingerprint density at radius 1 is 1.61 bits per heavy atom. The van der Waals surface area contributed by atoms with Crippen LogP contribution in [0, 0.1) is 5.92 Å². The van der Waals surface area contributed by atoms with E-state index in [1.54, 1.807) is 18.9 Å². The molecule has 0 aromatic carbocycles. The number of amides is 2. The second-order valence-electron chi connectivity index (χ2n) is 4.42. The second-order valence-corrected chi connectivity index (χ2v) is 4.42. The minimum Gasteiger partial charge on any atom is -0.481 e. The first-order chi connectivity index (χ1) is 8.54. The minimum absolute atomic E-state index is 0.152. The molecule has 2 N–H and O–H groups in total. The SMILES string of the molecule is COCC1=CCN(C(=O)NCC(C)C(=O)O)CC1. The molecular formula is C12H20N2O4. The molecule has 6 nitrogen and oxygen atoms in total. The number of carboxylic acid groups (broad SMARTS) is 1. The van der Waals surface area contributed by atoms with Gasteiger partial charge in [0.05, 0.1) is 12.5 Å². The number of carbonyl (C=O) groups is 2. The van der Waals surface area contributed by atoms with Gasteiger partial charge in [-0.1, -0.05) is 13.0 Å². The first-order valence-corrected chi connectivity index (χ1v) is 5.97. The van der Waals surface area contributed by atoms with Crippen molar-refractivity contribution in [3.05, 3.63) is 11.6 Å². The summed E-state index contributed by atoms with van der Waals surface area (Å²) in [5, 5.41) is 11.3. The lowest BCUT2D eigenvalue weighted by atomic mass is 10.1. The maximum atomic E-state index is 11.8. The summed E-state index contributed by atoms with van der Waals surface area (Å²) in [6, 6.07) is -0.212. The molecule has 0 aromatic heterocycles. The molecule has 1 atom stereocenters. The molecule has 1 aliphatic heterocycles. The second kappa shape index (κ2) is 7.00. The predicted octanol–water partition coefficient (Wildman–Crippen LogP) is 0.695. The van der Waals surface area contributed by atoms with Crippen molar-refractivity contribution >= 4 is 12.0 Å². The molecule has 0 fully saturated rings. The van der Waals surface area contributed by atoms with Gasteiger partial charge in [-0.15, -0.1) is 0 Å². The zero-order chi connectivity index (χ0) is 13.5. The Morgan fingerprint density at radius 3 is 2.83 bits per heavy atom. The number of methoxy groups -OCH3 is 1. The highest BCUT2D eigenvalue weighted by Gasteiger charge is 2.18. The Hall–Kier alpha value is -1.56. The van der Waals surface area contributed by atoms with Crippen LogP contribution in [0.4, 0.5) is 4.79 Å². The lowest BCUT2D eigenvalue weighted by Crippen LogP contribution is -2.44. The smallest absolute Gasteiger partial charge is 0.317 e. The molecular weight excluding hydrogens is 236 g/mol. The summed E-state index contributed by atoms with van der Waals surface area (Å²) in [7, 11) is 1.65. The van der Waals surface area contributed by atoms with Gasteiger partial charge in [-0.2, -0.15) is 0 Å². The van der Waals surface area contributed by atoms with E-state index in [4.69, 9.17) is 9.84 Å². The van der Waals surface area contributed by atoms with Crippen molar-refractivity contribution in [1.82, 2.24) is 10.2 Å². The number of aliphatic carboxylic acids is 1. The zero-order valence-electron chi connectivity index (χ0n) is 10.8. The molecule has 6 heteroatoms. The number of nitrogens with one attached hydrogen (secondary N) is 1. The highest BCUT2D eigenvalue weighted by atomic mass is 16.5. The highest BCUT2D eigenvalue weighted by molar-refractivity contribution is 5.76. The third-order valence-electron chi connectivity index (χ3n) is 2.90. The number of ether oxygens (including phenoxy) is 1. The van der Waals surface area contributed by atoms with Gasteiger partial charge in [-0.05, 0) is 12.0 Å². The lowest BCUT2D eigenvalue weighted by molar-refractivity contribution is -0.140. The van der Waals surface area contributed by atoms with Crippen LogP contribution in [0.25, 0.3) is 0 Å². The maximum absolute atomic E-state index is 11.8. The van der Waals surface area contributed by atoms with E-state index in [1.807, 2.05) is 6.08 Å². The molecule has 0 radical (unpaired) electrons. The Kier molecular flexibility index (Phi) is 5.64. The normalized spacial score (nSPS) is 17.0. The summed E-state index contributed by atoms with van der Waals surface area (Å²) >= 11 is 0. The van der Waals surface area contributed by atoms with Gasteiger partial charge in [0, 0.05) is 26.7 Å². The van der Waals surface area contributed by atoms with Crippen molar-refractivity contribution in [3.63, 3.8) is 0 Å². The van der Waals surface area contributed by atoms with Gasteiger partial charge in [0.1, 0.15) is 0 Å². The Labute approximate surface area is 107 Å². The van der Waals surface area contributed by atoms with Crippen molar-refractivity contribution in [2.45, 2.75) is 13.3 Å². The van der Waals surface area contributed by atoms with Gasteiger partial charge in [0.15, 0.2) is 0 Å². The molecule has 0 saturated heterocycles. The molecule has 1 heterocycles. The molecule has 0 aromatic rings. The minimum atomic E-state index is -0.906. The highest BCUT2D eigenvalue weighted by Crippen LogP contribution is 2.10. The van der Waals surface area contributed by atoms with E-state index >= 15 is 0 Å². The van der Waals surface area contributed by atoms with E-state index in [-0.39, 0.29) is 12.6 Å². The largest absolute Gasteiger partial charge is 0.481 e. The van der Waals surface area contributed by atoms with Crippen molar-refractivity contribution in [1.29, 1.82) is 0 Å². The van der Waals surface area contributed by atoms with Gasteiger partial charge in [-0.3, -0.25) is 4.79 Å². The van der Waals surface area contributed by atoms with Gasteiger partial charge in [0.25, 0.3) is 0 Å².